The van der Waals surface area contributed by atoms with Crippen LogP contribution in [0.25, 0.3) is 17.0 Å². The van der Waals surface area contributed by atoms with Gasteiger partial charge in [-0.1, -0.05) is 12.1 Å². The van der Waals surface area contributed by atoms with Crippen LogP contribution in [0.5, 0.6) is 0 Å². The summed E-state index contributed by atoms with van der Waals surface area (Å²) < 4.78 is 2.06. The van der Waals surface area contributed by atoms with Crippen LogP contribution in [0.2, 0.25) is 0 Å². The second-order valence-electron chi connectivity index (χ2n) is 7.76. The van der Waals surface area contributed by atoms with Crippen molar-refractivity contribution in [2.45, 2.75) is 13.8 Å². The van der Waals surface area contributed by atoms with Crippen molar-refractivity contribution in [1.82, 2.24) is 14.4 Å². The molecular formula is C25H22N6OS. The van der Waals surface area contributed by atoms with Crippen molar-refractivity contribution in [3.63, 3.8) is 0 Å². The van der Waals surface area contributed by atoms with E-state index >= 15 is 0 Å². The molecule has 0 saturated heterocycles. The Kier molecular flexibility index (Phi) is 5.27. The Morgan fingerprint density at radius 3 is 2.61 bits per heavy atom. The van der Waals surface area contributed by atoms with Crippen molar-refractivity contribution in [3.05, 3.63) is 89.1 Å². The molecule has 0 aliphatic rings. The topological polar surface area (TPSA) is 97.3 Å². The number of nitrogens with one attached hydrogen (secondary N) is 2. The second kappa shape index (κ2) is 8.40. The minimum Gasteiger partial charge on any atom is -0.397 e. The van der Waals surface area contributed by atoms with Crippen LogP contribution < -0.4 is 16.4 Å². The number of para-hydroxylation sites is 2. The molecule has 164 valence electrons. The molecule has 0 radical (unpaired) electrons. The monoisotopic (exact) mass is 454 g/mol. The van der Waals surface area contributed by atoms with Crippen molar-refractivity contribution >= 4 is 45.1 Å². The van der Waals surface area contributed by atoms with Crippen LogP contribution in [0.4, 0.5) is 22.2 Å². The van der Waals surface area contributed by atoms with Crippen LogP contribution in [0, 0.1) is 13.8 Å². The van der Waals surface area contributed by atoms with E-state index in [2.05, 4.69) is 39.1 Å². The Morgan fingerprint density at radius 2 is 1.82 bits per heavy atom. The summed E-state index contributed by atoms with van der Waals surface area (Å²) in [6, 6.07) is 18.5. The summed E-state index contributed by atoms with van der Waals surface area (Å²) in [5, 5.41) is 8.93. The van der Waals surface area contributed by atoms with Crippen molar-refractivity contribution in [2.75, 3.05) is 16.4 Å². The summed E-state index contributed by atoms with van der Waals surface area (Å²) >= 11 is 1.52. The second-order valence-corrected chi connectivity index (χ2v) is 8.62. The molecule has 2 aromatic carbocycles. The van der Waals surface area contributed by atoms with Gasteiger partial charge in [0.05, 0.1) is 22.8 Å². The summed E-state index contributed by atoms with van der Waals surface area (Å²) in [5.74, 6) is -0.214. The third kappa shape index (κ3) is 4.16. The van der Waals surface area contributed by atoms with Gasteiger partial charge in [-0.2, -0.15) is 0 Å². The summed E-state index contributed by atoms with van der Waals surface area (Å²) in [6.45, 7) is 4.05. The molecule has 7 nitrogen and oxygen atoms in total. The summed E-state index contributed by atoms with van der Waals surface area (Å²) in [6.07, 6.45) is 2.03. The van der Waals surface area contributed by atoms with Gasteiger partial charge >= 0.3 is 0 Å². The van der Waals surface area contributed by atoms with E-state index in [1.165, 1.54) is 16.9 Å². The number of amides is 1. The molecule has 8 heteroatoms. The lowest BCUT2D eigenvalue weighted by atomic mass is 10.2. The largest absolute Gasteiger partial charge is 0.397 e. The maximum Gasteiger partial charge on any atom is 0.255 e. The molecule has 0 bridgehead atoms. The number of hydrogen-bond donors (Lipinski definition) is 3. The molecule has 0 spiro atoms. The number of thiazole rings is 1. The first kappa shape index (κ1) is 20.7. The number of carbonyl (C=O) groups excluding carboxylic acids is 1. The third-order valence-corrected chi connectivity index (χ3v) is 6.07. The Balaban J connectivity index is 1.32. The molecule has 0 aliphatic carbocycles. The molecule has 3 heterocycles. The number of pyridine rings is 1. The molecular weight excluding hydrogens is 432 g/mol. The first-order chi connectivity index (χ1) is 16.0. The molecule has 0 unspecified atom stereocenters. The fourth-order valence-corrected chi connectivity index (χ4v) is 4.36. The number of anilines is 4. The average molecular weight is 455 g/mol. The number of nitrogen functional groups attached to an aromatic ring is 1. The van der Waals surface area contributed by atoms with Crippen molar-refractivity contribution in [3.8, 4) is 11.4 Å². The highest BCUT2D eigenvalue weighted by Gasteiger charge is 2.15. The van der Waals surface area contributed by atoms with Gasteiger partial charge in [-0.05, 0) is 67.9 Å². The highest BCUT2D eigenvalue weighted by atomic mass is 32.1. The van der Waals surface area contributed by atoms with E-state index in [1.54, 1.807) is 24.3 Å². The van der Waals surface area contributed by atoms with Gasteiger partial charge in [0, 0.05) is 22.8 Å². The van der Waals surface area contributed by atoms with Gasteiger partial charge in [-0.25, -0.2) is 9.97 Å². The predicted molar refractivity (Wildman–Crippen MR) is 134 cm³/mol. The predicted octanol–water partition coefficient (Wildman–Crippen LogP) is 5.65. The smallest absolute Gasteiger partial charge is 0.255 e. The molecule has 5 rings (SSSR count). The van der Waals surface area contributed by atoms with Crippen molar-refractivity contribution in [2.24, 2.45) is 0 Å². The van der Waals surface area contributed by atoms with Gasteiger partial charge in [-0.3, -0.25) is 9.20 Å². The lowest BCUT2D eigenvalue weighted by Crippen LogP contribution is -2.13. The average Bonchev–Trinajstić information content (AvgIpc) is 3.38. The number of benzene rings is 2. The Morgan fingerprint density at radius 1 is 1.03 bits per heavy atom. The molecule has 5 aromatic rings. The number of rotatable bonds is 5. The fourth-order valence-electron chi connectivity index (χ4n) is 3.65. The molecule has 4 N–H and O–H groups in total. The van der Waals surface area contributed by atoms with E-state index < -0.39 is 0 Å². The van der Waals surface area contributed by atoms with Crippen molar-refractivity contribution < 1.29 is 4.79 Å². The van der Waals surface area contributed by atoms with Crippen LogP contribution in [-0.2, 0) is 0 Å². The van der Waals surface area contributed by atoms with Crippen LogP contribution >= 0.6 is 11.3 Å². The van der Waals surface area contributed by atoms with Crippen LogP contribution in [0.3, 0.4) is 0 Å². The molecule has 0 aliphatic heterocycles. The lowest BCUT2D eigenvalue weighted by molar-refractivity contribution is 0.102. The van der Waals surface area contributed by atoms with E-state index in [9.17, 15) is 4.79 Å². The molecule has 1 amide bonds. The lowest BCUT2D eigenvalue weighted by Gasteiger charge is -2.08. The maximum atomic E-state index is 12.5. The summed E-state index contributed by atoms with van der Waals surface area (Å²) in [4.78, 5) is 21.9. The highest BCUT2D eigenvalue weighted by molar-refractivity contribution is 7.14. The van der Waals surface area contributed by atoms with Crippen LogP contribution in [0.15, 0.2) is 72.2 Å². The Bertz CT molecular complexity index is 1470. The molecule has 0 saturated carbocycles. The van der Waals surface area contributed by atoms with E-state index in [0.29, 0.717) is 16.9 Å². The number of carbonyl (C=O) groups is 1. The fraction of sp³-hybridized carbons (Fsp3) is 0.0800. The number of nitrogens with zero attached hydrogens (tertiary/aromatic N) is 3. The Hall–Kier alpha value is -4.17. The normalized spacial score (nSPS) is 11.0. The molecule has 3 aromatic heterocycles. The minimum absolute atomic E-state index is 0.214. The van der Waals surface area contributed by atoms with Gasteiger partial charge in [0.1, 0.15) is 11.3 Å². The van der Waals surface area contributed by atoms with Crippen molar-refractivity contribution in [1.29, 1.82) is 0 Å². The summed E-state index contributed by atoms with van der Waals surface area (Å²) in [5.41, 5.74) is 13.3. The number of fused-ring (bicyclic) bond motifs is 1. The van der Waals surface area contributed by atoms with E-state index in [1.807, 2.05) is 42.8 Å². The molecule has 0 atom stereocenters. The maximum absolute atomic E-state index is 12.5. The first-order valence-corrected chi connectivity index (χ1v) is 11.3. The van der Waals surface area contributed by atoms with E-state index in [-0.39, 0.29) is 5.91 Å². The zero-order valence-corrected chi connectivity index (χ0v) is 19.0. The van der Waals surface area contributed by atoms with E-state index in [0.717, 1.165) is 33.5 Å². The SMILES string of the molecule is Cc1ccn2c(-c3csc(Nc4ccc(C(=O)Nc5ccccc5N)cc4)n3)c(C)nc2c1. The first-order valence-electron chi connectivity index (χ1n) is 10.4. The number of aromatic nitrogens is 3. The summed E-state index contributed by atoms with van der Waals surface area (Å²) in [7, 11) is 0. The molecule has 33 heavy (non-hydrogen) atoms. The van der Waals surface area contributed by atoms with Gasteiger partial charge in [0.25, 0.3) is 5.91 Å². The number of nitrogens with two attached hydrogens (primary N) is 1. The standard InChI is InChI=1S/C25H22N6OS/c1-15-11-12-31-22(13-15)27-16(2)23(31)21-14-33-25(30-21)28-18-9-7-17(8-10-18)24(32)29-20-6-4-3-5-19(20)26/h3-14H,26H2,1-2H3,(H,28,30)(H,29,32). The van der Waals surface area contributed by atoms with Gasteiger partial charge in [0.15, 0.2) is 5.13 Å². The Labute approximate surface area is 194 Å². The van der Waals surface area contributed by atoms with Gasteiger partial charge in [-0.15, -0.1) is 11.3 Å². The minimum atomic E-state index is -0.214. The zero-order valence-electron chi connectivity index (χ0n) is 18.2. The number of aryl methyl sites for hydroxylation is 2. The van der Waals surface area contributed by atoms with E-state index in [4.69, 9.17) is 10.7 Å². The third-order valence-electron chi connectivity index (χ3n) is 5.31. The van der Waals surface area contributed by atoms with Crippen LogP contribution in [-0.4, -0.2) is 20.3 Å². The highest BCUT2D eigenvalue weighted by Crippen LogP contribution is 2.30. The van der Waals surface area contributed by atoms with Crippen LogP contribution in [0.1, 0.15) is 21.6 Å². The van der Waals surface area contributed by atoms with Gasteiger partial charge < -0.3 is 16.4 Å². The zero-order chi connectivity index (χ0) is 22.9. The van der Waals surface area contributed by atoms with Gasteiger partial charge in [0.2, 0.25) is 0 Å². The molecule has 0 fully saturated rings. The quantitative estimate of drug-likeness (QED) is 0.298. The number of hydrogen-bond acceptors (Lipinski definition) is 6. The number of imidazole rings is 1.